The van der Waals surface area contributed by atoms with Gasteiger partial charge in [0.2, 0.25) is 0 Å². The van der Waals surface area contributed by atoms with Crippen molar-refractivity contribution >= 4 is 54.5 Å². The lowest BCUT2D eigenvalue weighted by Gasteiger charge is -2.04. The van der Waals surface area contributed by atoms with Gasteiger partial charge < -0.3 is 4.74 Å². The van der Waals surface area contributed by atoms with E-state index in [4.69, 9.17) is 50.2 Å². The Morgan fingerprint density at radius 3 is 2.43 bits per heavy atom. The fourth-order valence-corrected chi connectivity index (χ4v) is 3.80. The van der Waals surface area contributed by atoms with Crippen LogP contribution in [0, 0.1) is 0 Å². The van der Waals surface area contributed by atoms with E-state index < -0.39 is 9.05 Å². The summed E-state index contributed by atoms with van der Waals surface area (Å²) in [6.45, 7) is -0.0602. The zero-order chi connectivity index (χ0) is 15.8. The van der Waals surface area contributed by atoms with Gasteiger partial charge in [0.05, 0.1) is 22.3 Å². The average molecular weight is 390 g/mol. The highest BCUT2D eigenvalue weighted by Gasteiger charge is 2.27. The molecule has 0 unspecified atom stereocenters. The summed E-state index contributed by atoms with van der Waals surface area (Å²) in [5.74, 6) is 0. The molecule has 0 radical (unpaired) electrons. The van der Waals surface area contributed by atoms with E-state index >= 15 is 0 Å². The van der Waals surface area contributed by atoms with Gasteiger partial charge in [-0.1, -0.05) is 34.8 Å². The van der Waals surface area contributed by atoms with Gasteiger partial charge in [0.25, 0.3) is 9.05 Å². The molecule has 1 aromatic heterocycles. The summed E-state index contributed by atoms with van der Waals surface area (Å²) >= 11 is 17.8. The predicted molar refractivity (Wildman–Crippen MR) is 82.3 cm³/mol. The quantitative estimate of drug-likeness (QED) is 0.743. The lowest BCUT2D eigenvalue weighted by atomic mass is 10.3. The van der Waals surface area contributed by atoms with Crippen molar-refractivity contribution < 1.29 is 13.2 Å². The molecule has 114 valence electrons. The molecule has 0 spiro atoms. The lowest BCUT2D eigenvalue weighted by molar-refractivity contribution is 0.179. The third-order valence-electron chi connectivity index (χ3n) is 2.53. The van der Waals surface area contributed by atoms with Crippen LogP contribution in [0.3, 0.4) is 0 Å². The Hall–Kier alpha value is -0.500. The Kier molecular flexibility index (Phi) is 5.07. The summed E-state index contributed by atoms with van der Waals surface area (Å²) in [6.07, 6.45) is 0. The van der Waals surface area contributed by atoms with Crippen LogP contribution in [0.15, 0.2) is 23.1 Å². The van der Waals surface area contributed by atoms with E-state index in [9.17, 15) is 8.42 Å². The Morgan fingerprint density at radius 2 is 1.90 bits per heavy atom. The predicted octanol–water partition coefficient (Wildman–Crippen LogP) is 3.91. The van der Waals surface area contributed by atoms with Gasteiger partial charge in [0, 0.05) is 17.8 Å². The maximum Gasteiger partial charge on any atom is 0.266 e. The zero-order valence-electron chi connectivity index (χ0n) is 10.5. The first-order valence-electron chi connectivity index (χ1n) is 5.42. The lowest BCUT2D eigenvalue weighted by Crippen LogP contribution is -1.98. The zero-order valence-corrected chi connectivity index (χ0v) is 14.3. The number of nitrogens with zero attached hydrogens (tertiary/aromatic N) is 2. The minimum atomic E-state index is -4.07. The second-order valence-electron chi connectivity index (χ2n) is 3.95. The van der Waals surface area contributed by atoms with E-state index in [0.29, 0.717) is 10.7 Å². The summed E-state index contributed by atoms with van der Waals surface area (Å²) in [5, 5.41) is 4.58. The van der Waals surface area contributed by atoms with Crippen LogP contribution in [0.25, 0.3) is 5.69 Å². The summed E-state index contributed by atoms with van der Waals surface area (Å²) in [5.41, 5.74) is 0.543. The molecule has 0 atom stereocenters. The maximum atomic E-state index is 11.6. The number of hydrogen-bond acceptors (Lipinski definition) is 4. The van der Waals surface area contributed by atoms with Crippen molar-refractivity contribution in [1.82, 2.24) is 9.78 Å². The Balaban J connectivity index is 2.68. The first-order chi connectivity index (χ1) is 9.75. The number of ether oxygens (including phenoxy) is 1. The van der Waals surface area contributed by atoms with E-state index in [1.807, 2.05) is 0 Å². The van der Waals surface area contributed by atoms with Crippen molar-refractivity contribution in [1.29, 1.82) is 0 Å². The number of hydrogen-bond donors (Lipinski definition) is 0. The van der Waals surface area contributed by atoms with Crippen molar-refractivity contribution in [3.63, 3.8) is 0 Å². The van der Waals surface area contributed by atoms with Gasteiger partial charge in [-0.2, -0.15) is 5.10 Å². The first kappa shape index (κ1) is 16.9. The molecule has 0 aliphatic heterocycles. The second kappa shape index (κ2) is 6.32. The van der Waals surface area contributed by atoms with E-state index in [2.05, 4.69) is 5.10 Å². The molecule has 0 fully saturated rings. The van der Waals surface area contributed by atoms with Crippen LogP contribution in [0.5, 0.6) is 0 Å². The summed E-state index contributed by atoms with van der Waals surface area (Å²) in [6, 6.07) is 4.64. The third kappa shape index (κ3) is 3.47. The number of aromatic nitrogens is 2. The fraction of sp³-hybridized carbons (Fsp3) is 0.182. The summed E-state index contributed by atoms with van der Waals surface area (Å²) in [7, 11) is 2.72. The highest BCUT2D eigenvalue weighted by atomic mass is 35.7. The van der Waals surface area contributed by atoms with Gasteiger partial charge in [-0.15, -0.1) is 0 Å². The normalized spacial score (nSPS) is 11.9. The molecule has 0 aliphatic rings. The van der Waals surface area contributed by atoms with Crippen LogP contribution in [0.1, 0.15) is 5.69 Å². The highest BCUT2D eigenvalue weighted by Crippen LogP contribution is 2.32. The minimum absolute atomic E-state index is 0.0602. The van der Waals surface area contributed by atoms with E-state index in [1.165, 1.54) is 17.9 Å². The SMILES string of the molecule is COCc1nn(-c2ccc(Cl)c(Cl)c2)c(Cl)c1S(=O)(=O)Cl. The van der Waals surface area contributed by atoms with Crippen molar-refractivity contribution in [2.45, 2.75) is 11.5 Å². The Morgan fingerprint density at radius 1 is 1.24 bits per heavy atom. The van der Waals surface area contributed by atoms with Gasteiger partial charge in [-0.05, 0) is 18.2 Å². The summed E-state index contributed by atoms with van der Waals surface area (Å²) < 4.78 is 29.4. The van der Waals surface area contributed by atoms with Crippen LogP contribution >= 0.6 is 45.5 Å². The molecule has 0 saturated carbocycles. The maximum absolute atomic E-state index is 11.6. The largest absolute Gasteiger partial charge is 0.378 e. The molecule has 0 bridgehead atoms. The second-order valence-corrected chi connectivity index (χ2v) is 7.62. The molecule has 1 aromatic carbocycles. The monoisotopic (exact) mass is 388 g/mol. The highest BCUT2D eigenvalue weighted by molar-refractivity contribution is 8.13. The van der Waals surface area contributed by atoms with Crippen molar-refractivity contribution in [2.75, 3.05) is 7.11 Å². The van der Waals surface area contributed by atoms with Gasteiger partial charge in [0.1, 0.15) is 10.6 Å². The summed E-state index contributed by atoms with van der Waals surface area (Å²) in [4.78, 5) is -0.293. The molecule has 5 nitrogen and oxygen atoms in total. The van der Waals surface area contributed by atoms with Crippen molar-refractivity contribution in [3.05, 3.63) is 39.1 Å². The molecule has 0 amide bonds. The topological polar surface area (TPSA) is 61.2 Å². The van der Waals surface area contributed by atoms with E-state index in [-0.39, 0.29) is 27.4 Å². The van der Waals surface area contributed by atoms with Crippen molar-refractivity contribution in [2.24, 2.45) is 0 Å². The Labute approximate surface area is 140 Å². The van der Waals surface area contributed by atoms with Crippen LogP contribution in [0.2, 0.25) is 15.2 Å². The number of methoxy groups -OCH3 is 1. The van der Waals surface area contributed by atoms with Gasteiger partial charge in [-0.25, -0.2) is 13.1 Å². The fourth-order valence-electron chi connectivity index (χ4n) is 1.69. The number of halogens is 4. The molecule has 0 N–H and O–H groups in total. The van der Waals surface area contributed by atoms with Crippen LogP contribution < -0.4 is 0 Å². The van der Waals surface area contributed by atoms with Gasteiger partial charge >= 0.3 is 0 Å². The van der Waals surface area contributed by atoms with E-state index in [0.717, 1.165) is 0 Å². The Bertz CT molecular complexity index is 789. The average Bonchev–Trinajstić information content (AvgIpc) is 2.70. The van der Waals surface area contributed by atoms with Crippen LogP contribution in [-0.2, 0) is 20.4 Å². The minimum Gasteiger partial charge on any atom is -0.378 e. The molecule has 2 aromatic rings. The number of rotatable bonds is 4. The van der Waals surface area contributed by atoms with E-state index in [1.54, 1.807) is 12.1 Å². The number of benzene rings is 1. The molecular formula is C11H8Cl4N2O3S. The molecule has 2 rings (SSSR count). The smallest absolute Gasteiger partial charge is 0.266 e. The third-order valence-corrected chi connectivity index (χ3v) is 5.11. The van der Waals surface area contributed by atoms with Gasteiger partial charge in [-0.3, -0.25) is 0 Å². The van der Waals surface area contributed by atoms with Crippen molar-refractivity contribution in [3.8, 4) is 5.69 Å². The molecule has 21 heavy (non-hydrogen) atoms. The first-order valence-corrected chi connectivity index (χ1v) is 8.86. The van der Waals surface area contributed by atoms with Crippen LogP contribution in [-0.4, -0.2) is 25.3 Å². The van der Waals surface area contributed by atoms with Crippen LogP contribution in [0.4, 0.5) is 0 Å². The molecule has 0 aliphatic carbocycles. The standard InChI is InChI=1S/C11H8Cl4N2O3S/c1-20-5-9-10(21(15,18)19)11(14)17(16-9)6-2-3-7(12)8(13)4-6/h2-4H,5H2,1H3. The molecule has 0 saturated heterocycles. The molecule has 1 heterocycles. The molecular weight excluding hydrogens is 382 g/mol. The molecule has 10 heteroatoms. The van der Waals surface area contributed by atoms with Gasteiger partial charge in [0.15, 0.2) is 5.15 Å².